The number of H-pyrrole nitrogens is 1. The summed E-state index contributed by atoms with van der Waals surface area (Å²) in [5.41, 5.74) is 19.2. The number of hydrogen-bond acceptors (Lipinski definition) is 0. The Balaban J connectivity index is 1.17. The van der Waals surface area contributed by atoms with E-state index in [1.165, 1.54) is 121 Å². The van der Waals surface area contributed by atoms with Gasteiger partial charge in [-0.1, -0.05) is 212 Å². The van der Waals surface area contributed by atoms with E-state index < -0.39 is 5.41 Å². The highest BCUT2D eigenvalue weighted by Gasteiger charge is 2.47. The predicted molar refractivity (Wildman–Crippen MR) is 278 cm³/mol. The Hall–Kier alpha value is -8.46. The van der Waals surface area contributed by atoms with Crippen LogP contribution >= 0.6 is 0 Å². The number of rotatable bonds is 5. The van der Waals surface area contributed by atoms with Crippen molar-refractivity contribution in [2.24, 2.45) is 7.05 Å². The summed E-state index contributed by atoms with van der Waals surface area (Å²) in [5, 5.41) is 9.93. The van der Waals surface area contributed by atoms with Crippen LogP contribution in [0.5, 0.6) is 0 Å². The van der Waals surface area contributed by atoms with Crippen LogP contribution in [0.2, 0.25) is 0 Å². The van der Waals surface area contributed by atoms with E-state index in [0.717, 1.165) is 11.0 Å². The molecule has 2 heterocycles. The molecule has 0 unspecified atom stereocenters. The number of hydrogen-bond donors (Lipinski definition) is 1. The largest absolute Gasteiger partial charge is 0.354 e. The van der Waals surface area contributed by atoms with Crippen molar-refractivity contribution in [2.45, 2.75) is 5.41 Å². The van der Waals surface area contributed by atoms with Gasteiger partial charge in [-0.05, 0) is 95.4 Å². The first-order valence-electron chi connectivity index (χ1n) is 23.0. The summed E-state index contributed by atoms with van der Waals surface area (Å²) in [7, 11) is 2.22. The Morgan fingerprint density at radius 1 is 0.348 bits per heavy atom. The van der Waals surface area contributed by atoms with E-state index in [-0.39, 0.29) is 0 Å². The van der Waals surface area contributed by atoms with Gasteiger partial charge in [-0.25, -0.2) is 0 Å². The molecule has 1 aliphatic rings. The molecular formula is C64H42N2. The van der Waals surface area contributed by atoms with E-state index >= 15 is 0 Å². The Morgan fingerprint density at radius 2 is 0.848 bits per heavy atom. The normalized spacial score (nSPS) is 13.0. The zero-order chi connectivity index (χ0) is 43.5. The minimum absolute atomic E-state index is 0.584. The minimum Gasteiger partial charge on any atom is -0.354 e. The van der Waals surface area contributed by atoms with Gasteiger partial charge in [0.15, 0.2) is 0 Å². The second-order valence-corrected chi connectivity index (χ2v) is 18.0. The molecule has 0 radical (unpaired) electrons. The minimum atomic E-state index is -0.584. The summed E-state index contributed by atoms with van der Waals surface area (Å²) in [5.74, 6) is 0. The van der Waals surface area contributed by atoms with Gasteiger partial charge in [-0.2, -0.15) is 0 Å². The lowest BCUT2D eigenvalue weighted by atomic mass is 9.65. The van der Waals surface area contributed by atoms with Gasteiger partial charge in [0.05, 0.1) is 16.4 Å². The SMILES string of the molecule is Cn1c2ccccc2c2cccc(-c3cccc4c(-c5cccc6c5C(c5ccccc5)(c5ccccc5)c5ccccc5-6)c5cccc(-c6cccc7c6[nH]c6ccccc67)c5cc34)c21. The summed E-state index contributed by atoms with van der Waals surface area (Å²) in [4.78, 5) is 3.86. The standard InChI is InChI=1S/C64H42N2/c1-66-59-38-13-10-25-46(59)53-34-18-33-52(63(53)66)43-27-15-29-48-56(43)39-55-42(50-31-17-32-51-45-24-9-12-37-58(45)65-62(50)51)26-14-28-47(55)60(48)54-35-16-30-49-44-23-8-11-36-57(44)64(61(49)54,40-19-4-2-5-20-40)41-21-6-3-7-22-41/h2-39,65H,1H3. The molecular weight excluding hydrogens is 797 g/mol. The van der Waals surface area contributed by atoms with Crippen molar-refractivity contribution >= 4 is 65.2 Å². The smallest absolute Gasteiger partial charge is 0.0719 e. The first-order valence-corrected chi connectivity index (χ1v) is 23.0. The molecule has 66 heavy (non-hydrogen) atoms. The van der Waals surface area contributed by atoms with Crippen LogP contribution in [-0.4, -0.2) is 9.55 Å². The number of aromatic nitrogens is 2. The highest BCUT2D eigenvalue weighted by Crippen LogP contribution is 2.60. The molecule has 2 nitrogen and oxygen atoms in total. The van der Waals surface area contributed by atoms with Crippen molar-refractivity contribution in [2.75, 3.05) is 0 Å². The number of fused-ring (bicyclic) bond motifs is 11. The van der Waals surface area contributed by atoms with Gasteiger partial charge < -0.3 is 9.55 Å². The Kier molecular flexibility index (Phi) is 7.85. The Morgan fingerprint density at radius 3 is 1.59 bits per heavy atom. The molecule has 0 saturated carbocycles. The van der Waals surface area contributed by atoms with Gasteiger partial charge in [-0.3, -0.25) is 0 Å². The van der Waals surface area contributed by atoms with Crippen molar-refractivity contribution in [1.29, 1.82) is 0 Å². The van der Waals surface area contributed by atoms with Crippen LogP contribution in [0, 0.1) is 0 Å². The van der Waals surface area contributed by atoms with Crippen LogP contribution < -0.4 is 0 Å². The van der Waals surface area contributed by atoms with Crippen LogP contribution in [0.1, 0.15) is 22.3 Å². The van der Waals surface area contributed by atoms with E-state index in [1.807, 2.05) is 0 Å². The lowest BCUT2D eigenvalue weighted by Gasteiger charge is -2.35. The Bertz CT molecular complexity index is 4070. The van der Waals surface area contributed by atoms with E-state index in [0.29, 0.717) is 0 Å². The van der Waals surface area contributed by atoms with E-state index in [1.54, 1.807) is 0 Å². The quantitative estimate of drug-likeness (QED) is 0.167. The molecule has 1 aliphatic carbocycles. The van der Waals surface area contributed by atoms with Gasteiger partial charge in [0, 0.05) is 50.8 Å². The third kappa shape index (κ3) is 4.96. The summed E-state index contributed by atoms with van der Waals surface area (Å²) in [6.07, 6.45) is 0. The number of para-hydroxylation sites is 4. The van der Waals surface area contributed by atoms with E-state index in [9.17, 15) is 0 Å². The van der Waals surface area contributed by atoms with Crippen LogP contribution in [-0.2, 0) is 12.5 Å². The summed E-state index contributed by atoms with van der Waals surface area (Å²) >= 11 is 0. The van der Waals surface area contributed by atoms with Crippen molar-refractivity contribution in [3.05, 3.63) is 253 Å². The van der Waals surface area contributed by atoms with Crippen LogP contribution in [0.4, 0.5) is 0 Å². The van der Waals surface area contributed by atoms with Gasteiger partial charge >= 0.3 is 0 Å². The molecule has 2 heteroatoms. The predicted octanol–water partition coefficient (Wildman–Crippen LogP) is 16.6. The number of nitrogens with one attached hydrogen (secondary N) is 1. The lowest BCUT2D eigenvalue weighted by Crippen LogP contribution is -2.29. The monoisotopic (exact) mass is 838 g/mol. The highest BCUT2D eigenvalue weighted by atomic mass is 14.9. The number of aryl methyl sites for hydroxylation is 1. The third-order valence-electron chi connectivity index (χ3n) is 14.8. The van der Waals surface area contributed by atoms with Gasteiger partial charge in [0.2, 0.25) is 0 Å². The summed E-state index contributed by atoms with van der Waals surface area (Å²) < 4.78 is 2.39. The molecule has 0 saturated heterocycles. The van der Waals surface area contributed by atoms with Crippen molar-refractivity contribution in [3.8, 4) is 44.5 Å². The molecule has 0 spiro atoms. The fourth-order valence-electron chi connectivity index (χ4n) is 12.2. The molecule has 1 N–H and O–H groups in total. The average molecular weight is 839 g/mol. The fraction of sp³-hybridized carbons (Fsp3) is 0.0312. The van der Waals surface area contributed by atoms with Gasteiger partial charge in [0.25, 0.3) is 0 Å². The lowest BCUT2D eigenvalue weighted by molar-refractivity contribution is 0.770. The molecule has 308 valence electrons. The number of nitrogens with zero attached hydrogens (tertiary/aromatic N) is 1. The second kappa shape index (κ2) is 14.0. The molecule has 11 aromatic carbocycles. The first kappa shape index (κ1) is 37.0. The molecule has 0 bridgehead atoms. The van der Waals surface area contributed by atoms with Crippen molar-refractivity contribution in [1.82, 2.24) is 9.55 Å². The van der Waals surface area contributed by atoms with Crippen molar-refractivity contribution in [3.63, 3.8) is 0 Å². The highest BCUT2D eigenvalue weighted by molar-refractivity contribution is 6.23. The number of aromatic amines is 1. The molecule has 0 fully saturated rings. The van der Waals surface area contributed by atoms with E-state index in [4.69, 9.17) is 0 Å². The molecule has 0 atom stereocenters. The first-order chi connectivity index (χ1) is 32.7. The molecule has 2 aromatic heterocycles. The fourth-order valence-corrected chi connectivity index (χ4v) is 12.2. The second-order valence-electron chi connectivity index (χ2n) is 18.0. The van der Waals surface area contributed by atoms with Crippen LogP contribution in [0.15, 0.2) is 231 Å². The van der Waals surface area contributed by atoms with E-state index in [2.05, 4.69) is 247 Å². The van der Waals surface area contributed by atoms with Gasteiger partial charge in [0.1, 0.15) is 0 Å². The number of benzene rings is 11. The van der Waals surface area contributed by atoms with Crippen molar-refractivity contribution < 1.29 is 0 Å². The summed E-state index contributed by atoms with van der Waals surface area (Å²) in [6, 6.07) is 86.1. The van der Waals surface area contributed by atoms with Crippen LogP contribution in [0.25, 0.3) is 110 Å². The molecule has 13 aromatic rings. The molecule has 0 aliphatic heterocycles. The third-order valence-corrected chi connectivity index (χ3v) is 14.8. The maximum Gasteiger partial charge on any atom is 0.0719 e. The van der Waals surface area contributed by atoms with Crippen LogP contribution in [0.3, 0.4) is 0 Å². The van der Waals surface area contributed by atoms with Gasteiger partial charge in [-0.15, -0.1) is 0 Å². The average Bonchev–Trinajstić information content (AvgIpc) is 4.02. The maximum atomic E-state index is 3.86. The maximum absolute atomic E-state index is 3.86. The zero-order valence-electron chi connectivity index (χ0n) is 36.4. The molecule has 0 amide bonds. The Labute approximate surface area is 382 Å². The molecule has 14 rings (SSSR count). The summed E-state index contributed by atoms with van der Waals surface area (Å²) in [6.45, 7) is 0. The zero-order valence-corrected chi connectivity index (χ0v) is 36.4. The topological polar surface area (TPSA) is 20.7 Å².